The lowest BCUT2D eigenvalue weighted by Gasteiger charge is -2.37. The molecule has 15 heavy (non-hydrogen) atoms. The monoisotopic (exact) mass is 218 g/mol. The van der Waals surface area contributed by atoms with Gasteiger partial charge in [0.05, 0.1) is 12.2 Å². The van der Waals surface area contributed by atoms with Gasteiger partial charge in [-0.2, -0.15) is 0 Å². The van der Waals surface area contributed by atoms with Crippen LogP contribution in [0, 0.1) is 0 Å². The second kappa shape index (κ2) is 7.20. The minimum absolute atomic E-state index is 0.454. The molecule has 92 valence electrons. The zero-order valence-electron chi connectivity index (χ0n) is 10.2. The zero-order chi connectivity index (χ0) is 11.9. The molecule has 2 unspecified atom stereocenters. The molecule has 0 saturated heterocycles. The Hall–Kier alpha value is -0.120. The molecule has 0 bridgehead atoms. The fourth-order valence-corrected chi connectivity index (χ4v) is 2.00. The normalized spacial score (nSPS) is 19.6. The third kappa shape index (κ3) is 4.09. The van der Waals surface area contributed by atoms with Gasteiger partial charge < -0.3 is 15.3 Å². The molecule has 0 amide bonds. The number of aliphatic hydroxyl groups is 3. The summed E-state index contributed by atoms with van der Waals surface area (Å²) in [6, 6.07) is 0. The summed E-state index contributed by atoms with van der Waals surface area (Å²) in [4.78, 5) is 0. The van der Waals surface area contributed by atoms with Gasteiger partial charge in [0.2, 0.25) is 0 Å². The van der Waals surface area contributed by atoms with Gasteiger partial charge in [0.25, 0.3) is 0 Å². The molecule has 0 rings (SSSR count). The van der Waals surface area contributed by atoms with E-state index in [2.05, 4.69) is 0 Å². The van der Waals surface area contributed by atoms with Crippen LogP contribution < -0.4 is 0 Å². The molecule has 3 N–H and O–H groups in total. The standard InChI is InChI=1S/C12H26O3/c1-4-7-10(13)12(15,9-6-3)11(14)8-5-2/h10-11,13-15H,4-9H2,1-3H3. The molecular weight excluding hydrogens is 192 g/mol. The average Bonchev–Trinajstić information content (AvgIpc) is 2.18. The van der Waals surface area contributed by atoms with Crippen molar-refractivity contribution < 1.29 is 15.3 Å². The van der Waals surface area contributed by atoms with E-state index in [1.54, 1.807) is 0 Å². The number of hydrogen-bond acceptors (Lipinski definition) is 3. The second-order valence-electron chi connectivity index (χ2n) is 4.35. The first-order valence-corrected chi connectivity index (χ1v) is 6.11. The molecule has 0 aromatic carbocycles. The largest absolute Gasteiger partial charge is 0.390 e. The minimum atomic E-state index is -1.32. The van der Waals surface area contributed by atoms with Gasteiger partial charge in [-0.1, -0.05) is 40.0 Å². The molecule has 0 aliphatic carbocycles. The Kier molecular flexibility index (Phi) is 7.14. The van der Waals surface area contributed by atoms with Crippen molar-refractivity contribution in [2.45, 2.75) is 77.1 Å². The zero-order valence-corrected chi connectivity index (χ0v) is 10.2. The lowest BCUT2D eigenvalue weighted by molar-refractivity contribution is -0.154. The van der Waals surface area contributed by atoms with Gasteiger partial charge >= 0.3 is 0 Å². The highest BCUT2D eigenvalue weighted by molar-refractivity contribution is 4.92. The van der Waals surface area contributed by atoms with Crippen molar-refractivity contribution >= 4 is 0 Å². The Labute approximate surface area is 93.1 Å². The van der Waals surface area contributed by atoms with Crippen molar-refractivity contribution in [3.63, 3.8) is 0 Å². The molecule has 3 heteroatoms. The highest BCUT2D eigenvalue weighted by atomic mass is 16.4. The van der Waals surface area contributed by atoms with Crippen molar-refractivity contribution in [1.29, 1.82) is 0 Å². The second-order valence-corrected chi connectivity index (χ2v) is 4.35. The van der Waals surface area contributed by atoms with Crippen LogP contribution in [0.25, 0.3) is 0 Å². The van der Waals surface area contributed by atoms with Gasteiger partial charge in [0.1, 0.15) is 5.60 Å². The predicted octanol–water partition coefficient (Wildman–Crippen LogP) is 1.84. The summed E-state index contributed by atoms with van der Waals surface area (Å²) in [6.07, 6.45) is 2.29. The third-order valence-electron chi connectivity index (χ3n) is 2.93. The van der Waals surface area contributed by atoms with Crippen LogP contribution in [0.15, 0.2) is 0 Å². The number of rotatable bonds is 8. The number of aliphatic hydroxyl groups excluding tert-OH is 2. The van der Waals surface area contributed by atoms with Gasteiger partial charge in [-0.3, -0.25) is 0 Å². The van der Waals surface area contributed by atoms with Gasteiger partial charge in [-0.25, -0.2) is 0 Å². The predicted molar refractivity (Wildman–Crippen MR) is 61.7 cm³/mol. The molecule has 2 atom stereocenters. The molecular formula is C12H26O3. The van der Waals surface area contributed by atoms with Gasteiger partial charge in [0.15, 0.2) is 0 Å². The van der Waals surface area contributed by atoms with Crippen molar-refractivity contribution in [1.82, 2.24) is 0 Å². The topological polar surface area (TPSA) is 60.7 Å². The molecule has 0 fully saturated rings. The Morgan fingerprint density at radius 1 is 0.867 bits per heavy atom. The molecule has 3 nitrogen and oxygen atoms in total. The van der Waals surface area contributed by atoms with Crippen LogP contribution >= 0.6 is 0 Å². The quantitative estimate of drug-likeness (QED) is 0.582. The Balaban J connectivity index is 4.54. The molecule has 0 radical (unpaired) electrons. The van der Waals surface area contributed by atoms with Crippen molar-refractivity contribution in [2.75, 3.05) is 0 Å². The highest BCUT2D eigenvalue weighted by Gasteiger charge is 2.40. The minimum Gasteiger partial charge on any atom is -0.390 e. The fraction of sp³-hybridized carbons (Fsp3) is 1.00. The van der Waals surface area contributed by atoms with Gasteiger partial charge in [-0.05, 0) is 19.3 Å². The SMILES string of the molecule is CCCC(O)C(O)(CCC)C(O)CCC. The van der Waals surface area contributed by atoms with E-state index in [0.717, 1.165) is 19.3 Å². The summed E-state index contributed by atoms with van der Waals surface area (Å²) in [7, 11) is 0. The summed E-state index contributed by atoms with van der Waals surface area (Å²) in [5.41, 5.74) is -1.32. The van der Waals surface area contributed by atoms with Crippen molar-refractivity contribution in [3.05, 3.63) is 0 Å². The average molecular weight is 218 g/mol. The van der Waals surface area contributed by atoms with E-state index in [9.17, 15) is 15.3 Å². The van der Waals surface area contributed by atoms with E-state index < -0.39 is 17.8 Å². The molecule has 0 saturated carbocycles. The molecule has 0 heterocycles. The van der Waals surface area contributed by atoms with Crippen molar-refractivity contribution in [2.24, 2.45) is 0 Å². The van der Waals surface area contributed by atoms with E-state index in [4.69, 9.17) is 0 Å². The van der Waals surface area contributed by atoms with Gasteiger partial charge in [-0.15, -0.1) is 0 Å². The van der Waals surface area contributed by atoms with Crippen LogP contribution in [-0.4, -0.2) is 33.1 Å². The summed E-state index contributed by atoms with van der Waals surface area (Å²) >= 11 is 0. The van der Waals surface area contributed by atoms with E-state index >= 15 is 0 Å². The smallest absolute Gasteiger partial charge is 0.116 e. The maximum atomic E-state index is 10.3. The fourth-order valence-electron chi connectivity index (χ4n) is 2.00. The highest BCUT2D eigenvalue weighted by Crippen LogP contribution is 2.27. The third-order valence-corrected chi connectivity index (χ3v) is 2.93. The van der Waals surface area contributed by atoms with E-state index in [1.807, 2.05) is 20.8 Å². The summed E-state index contributed by atoms with van der Waals surface area (Å²) in [5.74, 6) is 0. The molecule has 0 aliphatic heterocycles. The van der Waals surface area contributed by atoms with Crippen LogP contribution in [0.4, 0.5) is 0 Å². The van der Waals surface area contributed by atoms with E-state index in [1.165, 1.54) is 0 Å². The Morgan fingerprint density at radius 3 is 1.53 bits per heavy atom. The van der Waals surface area contributed by atoms with Crippen LogP contribution in [-0.2, 0) is 0 Å². The van der Waals surface area contributed by atoms with E-state index in [-0.39, 0.29) is 0 Å². The first-order chi connectivity index (χ1) is 7.02. The molecule has 0 aromatic rings. The summed E-state index contributed by atoms with van der Waals surface area (Å²) in [6.45, 7) is 5.87. The number of hydrogen-bond donors (Lipinski definition) is 3. The van der Waals surface area contributed by atoms with Crippen LogP contribution in [0.5, 0.6) is 0 Å². The lowest BCUT2D eigenvalue weighted by atomic mass is 9.82. The van der Waals surface area contributed by atoms with Gasteiger partial charge in [0, 0.05) is 0 Å². The van der Waals surface area contributed by atoms with Crippen LogP contribution in [0.3, 0.4) is 0 Å². The van der Waals surface area contributed by atoms with Crippen LogP contribution in [0.2, 0.25) is 0 Å². The summed E-state index contributed by atoms with van der Waals surface area (Å²) in [5, 5.41) is 30.1. The molecule has 0 aromatic heterocycles. The van der Waals surface area contributed by atoms with E-state index in [0.29, 0.717) is 19.3 Å². The summed E-state index contributed by atoms with van der Waals surface area (Å²) < 4.78 is 0. The lowest BCUT2D eigenvalue weighted by Crippen LogP contribution is -2.52. The maximum absolute atomic E-state index is 10.3. The first-order valence-electron chi connectivity index (χ1n) is 6.11. The van der Waals surface area contributed by atoms with Crippen molar-refractivity contribution in [3.8, 4) is 0 Å². The molecule has 0 spiro atoms. The maximum Gasteiger partial charge on any atom is 0.116 e. The van der Waals surface area contributed by atoms with Crippen LogP contribution in [0.1, 0.15) is 59.3 Å². The molecule has 0 aliphatic rings. The Bertz CT molecular complexity index is 147. The first kappa shape index (κ1) is 14.9. The Morgan fingerprint density at radius 2 is 1.27 bits per heavy atom.